The number of dihydropyridines is 1. The number of carbonyl (C=O) groups is 1. The van der Waals surface area contributed by atoms with Crippen LogP contribution in [0.4, 0.5) is 13.2 Å². The second kappa shape index (κ2) is 7.30. The first-order valence-corrected chi connectivity index (χ1v) is 6.22. The average Bonchev–Trinajstić information content (AvgIpc) is 2.39. The Morgan fingerprint density at radius 1 is 1.35 bits per heavy atom. The molecule has 0 saturated carbocycles. The highest BCUT2D eigenvalue weighted by atomic mass is 19.4. The Kier molecular flexibility index (Phi) is 6.03. The van der Waals surface area contributed by atoms with Crippen LogP contribution in [-0.4, -0.2) is 56.8 Å². The van der Waals surface area contributed by atoms with Gasteiger partial charge in [0.05, 0.1) is 11.1 Å². The molecule has 5 nitrogen and oxygen atoms in total. The van der Waals surface area contributed by atoms with Crippen molar-refractivity contribution in [2.24, 2.45) is 5.73 Å². The molecule has 2 heterocycles. The Bertz CT molecular complexity index is 398. The molecular weight excluding hydrogens is 273 g/mol. The van der Waals surface area contributed by atoms with Crippen molar-refractivity contribution < 1.29 is 18.0 Å². The molecule has 2 aliphatic rings. The van der Waals surface area contributed by atoms with Crippen LogP contribution in [0.2, 0.25) is 0 Å². The number of rotatable bonds is 1. The van der Waals surface area contributed by atoms with Crippen LogP contribution in [0.1, 0.15) is 0 Å². The van der Waals surface area contributed by atoms with Gasteiger partial charge in [-0.1, -0.05) is 6.08 Å². The summed E-state index contributed by atoms with van der Waals surface area (Å²) in [6, 6.07) is 0. The van der Waals surface area contributed by atoms with Crippen molar-refractivity contribution in [1.82, 2.24) is 15.5 Å². The van der Waals surface area contributed by atoms with E-state index in [0.717, 1.165) is 25.4 Å². The van der Waals surface area contributed by atoms with Crippen molar-refractivity contribution >= 4 is 5.91 Å². The summed E-state index contributed by atoms with van der Waals surface area (Å²) < 4.78 is 36.6. The Morgan fingerprint density at radius 3 is 2.30 bits per heavy atom. The minimum absolute atomic E-state index is 0.0472. The third kappa shape index (κ3) is 5.22. The molecule has 0 aromatic heterocycles. The zero-order valence-corrected chi connectivity index (χ0v) is 11.3. The lowest BCUT2D eigenvalue weighted by molar-refractivity contribution is -0.117. The van der Waals surface area contributed by atoms with E-state index in [1.807, 2.05) is 0 Å². The molecule has 0 atom stereocenters. The van der Waals surface area contributed by atoms with Gasteiger partial charge in [0.2, 0.25) is 0 Å². The summed E-state index contributed by atoms with van der Waals surface area (Å²) in [6.07, 6.45) is -2.66. The number of nitrogens with two attached hydrogens (primary N) is 1. The number of likely N-dealkylation sites (N-methyl/N-ethyl adjacent to an activating group) is 1. The van der Waals surface area contributed by atoms with E-state index in [1.165, 1.54) is 13.1 Å². The van der Waals surface area contributed by atoms with Crippen LogP contribution in [0.15, 0.2) is 23.4 Å². The lowest BCUT2D eigenvalue weighted by Crippen LogP contribution is -2.40. The second-order valence-electron chi connectivity index (χ2n) is 4.50. The van der Waals surface area contributed by atoms with Crippen molar-refractivity contribution in [1.29, 1.82) is 0 Å². The Hall–Kier alpha value is -1.54. The van der Waals surface area contributed by atoms with E-state index < -0.39 is 23.2 Å². The highest BCUT2D eigenvalue weighted by Crippen LogP contribution is 2.31. The quantitative estimate of drug-likeness (QED) is 0.635. The topological polar surface area (TPSA) is 70.4 Å². The van der Waals surface area contributed by atoms with Gasteiger partial charge in [-0.2, -0.15) is 13.2 Å². The predicted molar refractivity (Wildman–Crippen MR) is 69.8 cm³/mol. The second-order valence-corrected chi connectivity index (χ2v) is 4.50. The number of nitrogens with one attached hydrogen (secondary N) is 2. The predicted octanol–water partition coefficient (Wildman–Crippen LogP) is -0.0311. The molecule has 114 valence electrons. The third-order valence-corrected chi connectivity index (χ3v) is 2.87. The van der Waals surface area contributed by atoms with E-state index in [4.69, 9.17) is 5.73 Å². The molecule has 1 saturated heterocycles. The maximum Gasteiger partial charge on any atom is 0.416 e. The normalized spacial score (nSPS) is 20.0. The molecule has 20 heavy (non-hydrogen) atoms. The van der Waals surface area contributed by atoms with Crippen molar-refractivity contribution in [2.45, 2.75) is 6.18 Å². The van der Waals surface area contributed by atoms with Gasteiger partial charge in [0, 0.05) is 38.9 Å². The van der Waals surface area contributed by atoms with Crippen LogP contribution in [0, 0.1) is 0 Å². The molecule has 1 fully saturated rings. The van der Waals surface area contributed by atoms with Crippen LogP contribution >= 0.6 is 0 Å². The van der Waals surface area contributed by atoms with Crippen LogP contribution in [0.3, 0.4) is 0 Å². The molecule has 2 aliphatic heterocycles. The highest BCUT2D eigenvalue weighted by Gasteiger charge is 2.38. The van der Waals surface area contributed by atoms with Gasteiger partial charge in [-0.05, 0) is 7.05 Å². The largest absolute Gasteiger partial charge is 0.416 e. The average molecular weight is 292 g/mol. The van der Waals surface area contributed by atoms with Gasteiger partial charge in [-0.3, -0.25) is 4.79 Å². The third-order valence-electron chi connectivity index (χ3n) is 2.87. The van der Waals surface area contributed by atoms with E-state index in [1.54, 1.807) is 0 Å². The number of halogens is 3. The van der Waals surface area contributed by atoms with Crippen LogP contribution in [-0.2, 0) is 4.79 Å². The first kappa shape index (κ1) is 16.5. The molecule has 0 spiro atoms. The van der Waals surface area contributed by atoms with E-state index in [2.05, 4.69) is 22.6 Å². The Labute approximate surface area is 115 Å². The molecule has 0 radical (unpaired) electrons. The van der Waals surface area contributed by atoms with Crippen LogP contribution in [0.25, 0.3) is 0 Å². The fourth-order valence-corrected chi connectivity index (χ4v) is 1.76. The van der Waals surface area contributed by atoms with Crippen molar-refractivity contribution in [2.75, 3.05) is 39.8 Å². The van der Waals surface area contributed by atoms with Gasteiger partial charge in [0.25, 0.3) is 5.91 Å². The number of alkyl halides is 3. The first-order valence-electron chi connectivity index (χ1n) is 6.22. The van der Waals surface area contributed by atoms with E-state index in [0.29, 0.717) is 0 Å². The van der Waals surface area contributed by atoms with Gasteiger partial charge in [0.15, 0.2) is 0 Å². The number of nitrogens with zero attached hydrogens (tertiary/aromatic N) is 1. The molecule has 0 unspecified atom stereocenters. The zero-order chi connectivity index (χ0) is 15.2. The minimum atomic E-state index is -4.52. The van der Waals surface area contributed by atoms with Gasteiger partial charge in [-0.15, -0.1) is 0 Å². The molecule has 0 aliphatic carbocycles. The van der Waals surface area contributed by atoms with Gasteiger partial charge in [0.1, 0.15) is 0 Å². The Balaban J connectivity index is 0.000000240. The summed E-state index contributed by atoms with van der Waals surface area (Å²) >= 11 is 0. The van der Waals surface area contributed by atoms with Gasteiger partial charge >= 0.3 is 6.18 Å². The number of primary amides is 1. The molecule has 0 aromatic rings. The van der Waals surface area contributed by atoms with Crippen molar-refractivity contribution in [3.63, 3.8) is 0 Å². The lowest BCUT2D eigenvalue weighted by Gasteiger charge is -2.21. The Morgan fingerprint density at radius 2 is 1.95 bits per heavy atom. The number of hydrogen-bond donors (Lipinski definition) is 3. The molecule has 4 N–H and O–H groups in total. The molecule has 0 bridgehead atoms. The van der Waals surface area contributed by atoms with Crippen molar-refractivity contribution in [3.8, 4) is 0 Å². The number of carbonyl (C=O) groups excluding carboxylic acids is 1. The zero-order valence-electron chi connectivity index (χ0n) is 11.3. The smallest absolute Gasteiger partial charge is 0.387 e. The molecule has 2 rings (SSSR count). The standard InChI is InChI=1S/C7H7F3N2O.C5H12N2/c8-7(9,10)5-1-2-12-3-4(5)6(11)13;1-7-4-2-6-3-5-7/h1,3,12H,2H2,(H2,11,13);6H,2-5H2,1H3. The SMILES string of the molecule is CN1CCNCC1.NC(=O)C1=CNCC=C1C(F)(F)F. The summed E-state index contributed by atoms with van der Waals surface area (Å²) in [5, 5.41) is 5.75. The number of hydrogen-bond acceptors (Lipinski definition) is 4. The minimum Gasteiger partial charge on any atom is -0.387 e. The first-order chi connectivity index (χ1) is 9.32. The summed E-state index contributed by atoms with van der Waals surface area (Å²) in [5.74, 6) is -1.09. The molecule has 0 aromatic carbocycles. The number of piperazine rings is 1. The van der Waals surface area contributed by atoms with E-state index >= 15 is 0 Å². The summed E-state index contributed by atoms with van der Waals surface area (Å²) in [6.45, 7) is 4.79. The van der Waals surface area contributed by atoms with Gasteiger partial charge in [-0.25, -0.2) is 0 Å². The maximum absolute atomic E-state index is 12.2. The summed E-state index contributed by atoms with van der Waals surface area (Å²) in [7, 11) is 2.15. The fraction of sp³-hybridized carbons (Fsp3) is 0.583. The number of amides is 1. The monoisotopic (exact) mass is 292 g/mol. The van der Waals surface area contributed by atoms with E-state index in [-0.39, 0.29) is 6.54 Å². The van der Waals surface area contributed by atoms with Gasteiger partial charge < -0.3 is 21.3 Å². The maximum atomic E-state index is 12.2. The molecule has 1 amide bonds. The lowest BCUT2D eigenvalue weighted by atomic mass is 10.0. The van der Waals surface area contributed by atoms with Crippen molar-refractivity contribution in [3.05, 3.63) is 23.4 Å². The van der Waals surface area contributed by atoms with Crippen LogP contribution in [0.5, 0.6) is 0 Å². The van der Waals surface area contributed by atoms with E-state index in [9.17, 15) is 18.0 Å². The fourth-order valence-electron chi connectivity index (χ4n) is 1.76. The highest BCUT2D eigenvalue weighted by molar-refractivity contribution is 5.97. The summed E-state index contributed by atoms with van der Waals surface area (Å²) in [5.41, 5.74) is 3.26. The van der Waals surface area contributed by atoms with Crippen LogP contribution < -0.4 is 16.4 Å². The molecule has 8 heteroatoms. The molecular formula is C12H19F3N4O. The summed E-state index contributed by atoms with van der Waals surface area (Å²) in [4.78, 5) is 12.9.